The minimum atomic E-state index is -0.0354. The summed E-state index contributed by atoms with van der Waals surface area (Å²) in [6, 6.07) is 0.484. The molecule has 0 aromatic carbocycles. The van der Waals surface area contributed by atoms with E-state index in [0.717, 1.165) is 26.1 Å². The molecule has 19 heavy (non-hydrogen) atoms. The fourth-order valence-electron chi connectivity index (χ4n) is 3.13. The number of hydrogen-bond acceptors (Lipinski definition) is 4. The Kier molecular flexibility index (Phi) is 5.19. The lowest BCUT2D eigenvalue weighted by atomic mass is 9.93. The smallest absolute Gasteiger partial charge is 0.227 e. The second-order valence-electron chi connectivity index (χ2n) is 5.95. The Bertz CT molecular complexity index is 311. The van der Waals surface area contributed by atoms with E-state index < -0.39 is 0 Å². The van der Waals surface area contributed by atoms with Crippen molar-refractivity contribution < 1.29 is 9.53 Å². The Morgan fingerprint density at radius 1 is 1.37 bits per heavy atom. The highest BCUT2D eigenvalue weighted by molar-refractivity contribution is 5.80. The van der Waals surface area contributed by atoms with E-state index in [1.807, 2.05) is 0 Å². The number of ether oxygens (including phenoxy) is 1. The van der Waals surface area contributed by atoms with Gasteiger partial charge in [-0.3, -0.25) is 4.79 Å². The van der Waals surface area contributed by atoms with E-state index in [2.05, 4.69) is 36.4 Å². The zero-order valence-electron chi connectivity index (χ0n) is 12.3. The van der Waals surface area contributed by atoms with Crippen LogP contribution in [0.4, 0.5) is 0 Å². The molecular formula is C14H27N3O2. The minimum absolute atomic E-state index is 0.0354. The fourth-order valence-corrected chi connectivity index (χ4v) is 3.13. The molecule has 2 rings (SSSR count). The topological polar surface area (TPSA) is 53.6 Å². The quantitative estimate of drug-likeness (QED) is 0.758. The maximum Gasteiger partial charge on any atom is 0.227 e. The van der Waals surface area contributed by atoms with Crippen molar-refractivity contribution in [2.45, 2.75) is 32.4 Å². The van der Waals surface area contributed by atoms with Crippen LogP contribution in [0.5, 0.6) is 0 Å². The van der Waals surface area contributed by atoms with Crippen LogP contribution in [0.25, 0.3) is 0 Å². The van der Waals surface area contributed by atoms with Gasteiger partial charge in [0.25, 0.3) is 0 Å². The molecule has 5 nitrogen and oxygen atoms in total. The standard InChI is InChI=1S/C14H27N3O2/c1-4-15-13-9-19-8-11(13)14(18)16-12-5-6-17(3)7-10(12)2/h10-13,15H,4-9H2,1-3H3,(H,16,18). The summed E-state index contributed by atoms with van der Waals surface area (Å²) in [5, 5.41) is 6.57. The monoisotopic (exact) mass is 269 g/mol. The molecule has 4 atom stereocenters. The van der Waals surface area contributed by atoms with E-state index in [1.165, 1.54) is 0 Å². The number of carbonyl (C=O) groups is 1. The molecule has 2 aliphatic heterocycles. The van der Waals surface area contributed by atoms with Gasteiger partial charge in [0, 0.05) is 18.6 Å². The van der Waals surface area contributed by atoms with Crippen LogP contribution in [-0.4, -0.2) is 62.8 Å². The van der Waals surface area contributed by atoms with E-state index in [4.69, 9.17) is 4.74 Å². The molecule has 2 fully saturated rings. The highest BCUT2D eigenvalue weighted by atomic mass is 16.5. The van der Waals surface area contributed by atoms with Crippen LogP contribution >= 0.6 is 0 Å². The van der Waals surface area contributed by atoms with Crippen molar-refractivity contribution in [3.63, 3.8) is 0 Å². The summed E-state index contributed by atoms with van der Waals surface area (Å²) in [6.45, 7) is 8.47. The highest BCUT2D eigenvalue weighted by Crippen LogP contribution is 2.18. The Balaban J connectivity index is 1.86. The summed E-state index contributed by atoms with van der Waals surface area (Å²) in [5.41, 5.74) is 0. The number of rotatable bonds is 4. The van der Waals surface area contributed by atoms with Gasteiger partial charge in [0.1, 0.15) is 0 Å². The lowest BCUT2D eigenvalue weighted by Gasteiger charge is -2.36. The Morgan fingerprint density at radius 2 is 2.16 bits per heavy atom. The average Bonchev–Trinajstić information content (AvgIpc) is 2.81. The molecule has 2 aliphatic rings. The molecule has 0 aromatic heterocycles. The van der Waals surface area contributed by atoms with Gasteiger partial charge in [0.2, 0.25) is 5.91 Å². The van der Waals surface area contributed by atoms with Crippen LogP contribution in [0.3, 0.4) is 0 Å². The SMILES string of the molecule is CCNC1COCC1C(=O)NC1CCN(C)CC1C. The molecular weight excluding hydrogens is 242 g/mol. The molecule has 0 radical (unpaired) electrons. The van der Waals surface area contributed by atoms with Gasteiger partial charge in [-0.25, -0.2) is 0 Å². The number of likely N-dealkylation sites (tertiary alicyclic amines) is 1. The van der Waals surface area contributed by atoms with E-state index in [-0.39, 0.29) is 17.9 Å². The number of nitrogens with one attached hydrogen (secondary N) is 2. The molecule has 0 aromatic rings. The van der Waals surface area contributed by atoms with Gasteiger partial charge in [-0.15, -0.1) is 0 Å². The third-order valence-corrected chi connectivity index (χ3v) is 4.32. The molecule has 2 N–H and O–H groups in total. The summed E-state index contributed by atoms with van der Waals surface area (Å²) in [7, 11) is 2.14. The predicted octanol–water partition coefficient (Wildman–Crippen LogP) is 0.0673. The van der Waals surface area contributed by atoms with Crippen molar-refractivity contribution in [3.8, 4) is 0 Å². The average molecular weight is 269 g/mol. The van der Waals surface area contributed by atoms with Gasteiger partial charge in [0.15, 0.2) is 0 Å². The van der Waals surface area contributed by atoms with Crippen LogP contribution in [0.2, 0.25) is 0 Å². The van der Waals surface area contributed by atoms with Crippen molar-refractivity contribution in [3.05, 3.63) is 0 Å². The number of hydrogen-bond donors (Lipinski definition) is 2. The van der Waals surface area contributed by atoms with E-state index in [0.29, 0.717) is 25.2 Å². The van der Waals surface area contributed by atoms with Crippen LogP contribution in [0.1, 0.15) is 20.3 Å². The molecule has 110 valence electrons. The molecule has 0 bridgehead atoms. The summed E-state index contributed by atoms with van der Waals surface area (Å²) in [4.78, 5) is 14.7. The zero-order chi connectivity index (χ0) is 13.8. The first kappa shape index (κ1) is 14.8. The number of piperidine rings is 1. The van der Waals surface area contributed by atoms with Gasteiger partial charge >= 0.3 is 0 Å². The maximum atomic E-state index is 12.4. The summed E-state index contributed by atoms with van der Waals surface area (Å²) >= 11 is 0. The Morgan fingerprint density at radius 3 is 2.84 bits per heavy atom. The fraction of sp³-hybridized carbons (Fsp3) is 0.929. The summed E-state index contributed by atoms with van der Waals surface area (Å²) < 4.78 is 5.44. The van der Waals surface area contributed by atoms with E-state index in [9.17, 15) is 4.79 Å². The molecule has 0 spiro atoms. The first-order valence-corrected chi connectivity index (χ1v) is 7.41. The number of amides is 1. The van der Waals surface area contributed by atoms with Crippen LogP contribution < -0.4 is 10.6 Å². The highest BCUT2D eigenvalue weighted by Gasteiger charge is 2.35. The molecule has 0 aliphatic carbocycles. The van der Waals surface area contributed by atoms with Crippen molar-refractivity contribution in [2.75, 3.05) is 39.9 Å². The second-order valence-corrected chi connectivity index (χ2v) is 5.95. The normalized spacial score (nSPS) is 36.4. The molecule has 1 amide bonds. The van der Waals surface area contributed by atoms with E-state index >= 15 is 0 Å². The van der Waals surface area contributed by atoms with Crippen LogP contribution in [-0.2, 0) is 9.53 Å². The Labute approximate surface area is 116 Å². The first-order valence-electron chi connectivity index (χ1n) is 7.41. The maximum absolute atomic E-state index is 12.4. The zero-order valence-corrected chi connectivity index (χ0v) is 12.3. The number of likely N-dealkylation sites (N-methyl/N-ethyl adjacent to an activating group) is 1. The van der Waals surface area contributed by atoms with Crippen molar-refractivity contribution in [1.29, 1.82) is 0 Å². The van der Waals surface area contributed by atoms with Gasteiger partial charge in [-0.2, -0.15) is 0 Å². The third-order valence-electron chi connectivity index (χ3n) is 4.32. The molecule has 0 saturated carbocycles. The summed E-state index contributed by atoms with van der Waals surface area (Å²) in [6.07, 6.45) is 1.04. The number of nitrogens with zero attached hydrogens (tertiary/aromatic N) is 1. The predicted molar refractivity (Wildman–Crippen MR) is 75.0 cm³/mol. The van der Waals surface area contributed by atoms with Crippen LogP contribution in [0, 0.1) is 11.8 Å². The minimum Gasteiger partial charge on any atom is -0.379 e. The Hall–Kier alpha value is -0.650. The van der Waals surface area contributed by atoms with Gasteiger partial charge in [-0.1, -0.05) is 13.8 Å². The van der Waals surface area contributed by atoms with Gasteiger partial charge < -0.3 is 20.3 Å². The van der Waals surface area contributed by atoms with E-state index in [1.54, 1.807) is 0 Å². The van der Waals surface area contributed by atoms with Crippen molar-refractivity contribution in [1.82, 2.24) is 15.5 Å². The molecule has 2 saturated heterocycles. The van der Waals surface area contributed by atoms with Crippen molar-refractivity contribution in [2.24, 2.45) is 11.8 Å². The summed E-state index contributed by atoms with van der Waals surface area (Å²) in [5.74, 6) is 0.638. The lowest BCUT2D eigenvalue weighted by molar-refractivity contribution is -0.126. The van der Waals surface area contributed by atoms with Gasteiger partial charge in [-0.05, 0) is 32.5 Å². The molecule has 4 unspecified atom stereocenters. The van der Waals surface area contributed by atoms with Crippen LogP contribution in [0.15, 0.2) is 0 Å². The second kappa shape index (κ2) is 6.68. The van der Waals surface area contributed by atoms with Crippen molar-refractivity contribution >= 4 is 5.91 Å². The molecule has 5 heteroatoms. The molecule has 2 heterocycles. The lowest BCUT2D eigenvalue weighted by Crippen LogP contribution is -2.52. The van der Waals surface area contributed by atoms with Gasteiger partial charge in [0.05, 0.1) is 19.1 Å². The third kappa shape index (κ3) is 3.68. The largest absolute Gasteiger partial charge is 0.379 e. The first-order chi connectivity index (χ1) is 9.11. The number of carbonyl (C=O) groups excluding carboxylic acids is 1.